The van der Waals surface area contributed by atoms with Crippen LogP contribution >= 0.6 is 11.3 Å². The molecule has 1 aliphatic heterocycles. The number of benzene rings is 1. The van der Waals surface area contributed by atoms with E-state index in [9.17, 15) is 9.59 Å². The van der Waals surface area contributed by atoms with Crippen LogP contribution in [-0.4, -0.2) is 57.1 Å². The number of likely N-dealkylation sites (tertiary alicyclic amines) is 1. The van der Waals surface area contributed by atoms with E-state index in [1.807, 2.05) is 17.4 Å². The van der Waals surface area contributed by atoms with E-state index in [1.54, 1.807) is 10.4 Å². The van der Waals surface area contributed by atoms with Gasteiger partial charge < -0.3 is 14.2 Å². The number of hydrogen-bond acceptors (Lipinski definition) is 7. The zero-order chi connectivity index (χ0) is 28.4. The maximum absolute atomic E-state index is 11.7. The minimum Gasteiger partial charge on any atom is -0.493 e. The number of fused-ring (bicyclic) bond motifs is 1. The van der Waals surface area contributed by atoms with Crippen LogP contribution in [0, 0.1) is 5.92 Å². The van der Waals surface area contributed by atoms with Gasteiger partial charge >= 0.3 is 5.97 Å². The first-order valence-electron chi connectivity index (χ1n) is 15.3. The van der Waals surface area contributed by atoms with Crippen LogP contribution in [-0.2, 0) is 44.7 Å². The number of methoxy groups -OCH3 is 1. The Hall–Kier alpha value is -2.90. The number of carbonyl (C=O) groups excluding carboxylic acids is 2. The van der Waals surface area contributed by atoms with Gasteiger partial charge in [-0.3, -0.25) is 14.5 Å². The van der Waals surface area contributed by atoms with Gasteiger partial charge in [-0.1, -0.05) is 18.2 Å². The molecule has 1 unspecified atom stereocenters. The fourth-order valence-electron chi connectivity index (χ4n) is 6.14. The van der Waals surface area contributed by atoms with Crippen molar-refractivity contribution in [3.05, 3.63) is 74.2 Å². The Balaban J connectivity index is 1.24. The highest BCUT2D eigenvalue weighted by atomic mass is 32.1. The van der Waals surface area contributed by atoms with E-state index in [0.29, 0.717) is 30.8 Å². The molecular weight excluding hydrogens is 534 g/mol. The molecule has 0 spiro atoms. The van der Waals surface area contributed by atoms with Crippen molar-refractivity contribution in [1.82, 2.24) is 4.90 Å². The number of hydrogen-bond donors (Lipinski definition) is 0. The van der Waals surface area contributed by atoms with Crippen molar-refractivity contribution >= 4 is 23.6 Å². The van der Waals surface area contributed by atoms with E-state index in [1.165, 1.54) is 74.7 Å². The zero-order valence-corrected chi connectivity index (χ0v) is 25.1. The van der Waals surface area contributed by atoms with Gasteiger partial charge in [0.1, 0.15) is 18.1 Å². The van der Waals surface area contributed by atoms with Gasteiger partial charge in [0.2, 0.25) is 0 Å². The lowest BCUT2D eigenvalue weighted by Crippen LogP contribution is -2.25. The monoisotopic (exact) mass is 577 g/mol. The molecule has 0 saturated carbocycles. The van der Waals surface area contributed by atoms with Crippen LogP contribution in [0.1, 0.15) is 71.4 Å². The predicted molar refractivity (Wildman–Crippen MR) is 163 cm³/mol. The van der Waals surface area contributed by atoms with Gasteiger partial charge in [-0.25, -0.2) is 0 Å². The average molecular weight is 578 g/mol. The first kappa shape index (κ1) is 29.6. The van der Waals surface area contributed by atoms with Crippen LogP contribution < -0.4 is 4.74 Å². The highest BCUT2D eigenvalue weighted by Crippen LogP contribution is 2.38. The number of carbonyl (C=O) groups is 2. The lowest BCUT2D eigenvalue weighted by atomic mass is 9.87. The van der Waals surface area contributed by atoms with Crippen LogP contribution in [0.25, 0.3) is 0 Å². The normalized spacial score (nSPS) is 18.8. The van der Waals surface area contributed by atoms with Crippen LogP contribution in [0.15, 0.2) is 47.7 Å². The summed E-state index contributed by atoms with van der Waals surface area (Å²) < 4.78 is 16.7. The number of rotatable bonds is 14. The van der Waals surface area contributed by atoms with Crippen molar-refractivity contribution in [2.45, 2.75) is 70.6 Å². The van der Waals surface area contributed by atoms with E-state index in [4.69, 9.17) is 14.2 Å². The molecule has 2 heterocycles. The van der Waals surface area contributed by atoms with E-state index in [-0.39, 0.29) is 11.9 Å². The topological polar surface area (TPSA) is 65.1 Å². The molecule has 5 rings (SSSR count). The largest absolute Gasteiger partial charge is 0.493 e. The zero-order valence-electron chi connectivity index (χ0n) is 24.3. The lowest BCUT2D eigenvalue weighted by Gasteiger charge is -2.20. The summed E-state index contributed by atoms with van der Waals surface area (Å²) in [6.45, 7) is 4.53. The maximum Gasteiger partial charge on any atom is 0.305 e. The molecular formula is C34H43NO5S. The lowest BCUT2D eigenvalue weighted by molar-refractivity contribution is -0.140. The second-order valence-electron chi connectivity index (χ2n) is 11.4. The molecule has 3 aliphatic rings. The highest BCUT2D eigenvalue weighted by molar-refractivity contribution is 7.12. The fraction of sp³-hybridized carbons (Fsp3) is 0.529. The molecule has 6 nitrogen and oxygen atoms in total. The molecule has 1 saturated heterocycles. The van der Waals surface area contributed by atoms with Crippen molar-refractivity contribution in [2.24, 2.45) is 5.92 Å². The molecule has 2 aromatic rings. The van der Waals surface area contributed by atoms with Crippen LogP contribution in [0.2, 0.25) is 0 Å². The Bertz CT molecular complexity index is 1240. The van der Waals surface area contributed by atoms with Gasteiger partial charge in [0.15, 0.2) is 6.29 Å². The van der Waals surface area contributed by atoms with Crippen molar-refractivity contribution in [3.63, 3.8) is 0 Å². The number of aryl methyl sites for hydroxylation is 1. The number of aldehydes is 1. The third-order valence-electron chi connectivity index (χ3n) is 8.44. The second kappa shape index (κ2) is 14.8. The van der Waals surface area contributed by atoms with E-state index < -0.39 is 0 Å². The second-order valence-corrected chi connectivity index (χ2v) is 12.6. The van der Waals surface area contributed by atoms with Gasteiger partial charge in [0.25, 0.3) is 0 Å². The third-order valence-corrected chi connectivity index (χ3v) is 9.80. The number of thiophene rings is 1. The van der Waals surface area contributed by atoms with Gasteiger partial charge in [-0.15, -0.1) is 11.3 Å². The summed E-state index contributed by atoms with van der Waals surface area (Å²) in [7, 11) is 1.39. The molecule has 1 atom stereocenters. The molecule has 0 amide bonds. The molecule has 1 aromatic heterocycles. The maximum atomic E-state index is 11.7. The van der Waals surface area contributed by atoms with Crippen molar-refractivity contribution in [3.8, 4) is 5.75 Å². The van der Waals surface area contributed by atoms with Gasteiger partial charge in [-0.05, 0) is 118 Å². The van der Waals surface area contributed by atoms with Gasteiger partial charge in [0.05, 0.1) is 19.3 Å². The number of allylic oxidation sites excluding steroid dienone is 3. The summed E-state index contributed by atoms with van der Waals surface area (Å²) in [5.74, 6) is 1.62. The molecule has 0 N–H and O–H groups in total. The molecule has 220 valence electrons. The van der Waals surface area contributed by atoms with Crippen LogP contribution in [0.3, 0.4) is 0 Å². The van der Waals surface area contributed by atoms with E-state index in [0.717, 1.165) is 44.4 Å². The number of ether oxygens (including phenoxy) is 3. The summed E-state index contributed by atoms with van der Waals surface area (Å²) in [4.78, 5) is 28.6. The molecule has 1 fully saturated rings. The molecule has 41 heavy (non-hydrogen) atoms. The van der Waals surface area contributed by atoms with Crippen molar-refractivity contribution < 1.29 is 23.8 Å². The minimum atomic E-state index is -0.246. The summed E-state index contributed by atoms with van der Waals surface area (Å²) in [6.07, 6.45) is 16.1. The van der Waals surface area contributed by atoms with E-state index >= 15 is 0 Å². The molecule has 2 aliphatic carbocycles. The Morgan fingerprint density at radius 2 is 1.85 bits per heavy atom. The summed E-state index contributed by atoms with van der Waals surface area (Å²) in [5, 5.41) is 0. The van der Waals surface area contributed by atoms with Crippen molar-refractivity contribution in [2.75, 3.05) is 40.0 Å². The Labute approximate surface area is 248 Å². The Morgan fingerprint density at radius 1 is 1.05 bits per heavy atom. The summed E-state index contributed by atoms with van der Waals surface area (Å²) >= 11 is 2.00. The standard InChI is InChI=1S/C34H43NO5S/c1-38-34(37)9-6-19-40-31-22-26(10-13-27(31)24-36)23-33-30(29-7-2-3-8-32(29)41-33)21-25-11-14-28(15-12-25)39-20-18-35-16-4-5-17-35/h11-15,22,24,26H,2-10,16-21,23H2,1H3. The van der Waals surface area contributed by atoms with Crippen LogP contribution in [0.5, 0.6) is 5.75 Å². The fourth-order valence-corrected chi connectivity index (χ4v) is 7.65. The SMILES string of the molecule is COC(=O)CCCOC1=CC(Cc2sc3c(c2Cc2ccc(OCCN4CCCC4)cc2)CCCC3)CC=C1C=O. The third kappa shape index (κ3) is 8.10. The van der Waals surface area contributed by atoms with E-state index in [2.05, 4.69) is 35.2 Å². The first-order chi connectivity index (χ1) is 20.1. The number of nitrogens with zero attached hydrogens (tertiary/aromatic N) is 1. The minimum absolute atomic E-state index is 0.246. The Kier molecular flexibility index (Phi) is 10.7. The van der Waals surface area contributed by atoms with Crippen LogP contribution in [0.4, 0.5) is 0 Å². The average Bonchev–Trinajstić information content (AvgIpc) is 3.64. The van der Waals surface area contributed by atoms with Gasteiger partial charge in [-0.2, -0.15) is 0 Å². The Morgan fingerprint density at radius 3 is 2.63 bits per heavy atom. The molecule has 0 bridgehead atoms. The predicted octanol–water partition coefficient (Wildman–Crippen LogP) is 6.23. The molecule has 0 radical (unpaired) electrons. The first-order valence-corrected chi connectivity index (χ1v) is 16.1. The summed E-state index contributed by atoms with van der Waals surface area (Å²) in [6, 6.07) is 8.69. The highest BCUT2D eigenvalue weighted by Gasteiger charge is 2.24. The van der Waals surface area contributed by atoms with Crippen molar-refractivity contribution in [1.29, 1.82) is 0 Å². The quantitative estimate of drug-likeness (QED) is 0.151. The molecule has 7 heteroatoms. The molecule has 1 aromatic carbocycles. The smallest absolute Gasteiger partial charge is 0.305 e. The number of esters is 1. The van der Waals surface area contributed by atoms with Gasteiger partial charge in [0, 0.05) is 22.7 Å². The summed E-state index contributed by atoms with van der Waals surface area (Å²) in [5.41, 5.74) is 5.01.